The summed E-state index contributed by atoms with van der Waals surface area (Å²) in [6.45, 7) is 5.42. The summed E-state index contributed by atoms with van der Waals surface area (Å²) >= 11 is 0. The monoisotopic (exact) mass is 387 g/mol. The molecule has 1 amide bonds. The second kappa shape index (κ2) is 9.71. The Morgan fingerprint density at radius 1 is 1.32 bits per heavy atom. The molecule has 7 nitrogen and oxygen atoms in total. The van der Waals surface area contributed by atoms with E-state index in [4.69, 9.17) is 18.9 Å². The van der Waals surface area contributed by atoms with Crippen LogP contribution in [0.5, 0.6) is 5.75 Å². The number of ether oxygens (including phenoxy) is 2. The number of aryl methyl sites for hydroxylation is 1. The lowest BCUT2D eigenvalue weighted by molar-refractivity contribution is -0.127. The minimum Gasteiger partial charge on any atom is -0.497 e. The Hall–Kier alpha value is -2.38. The van der Waals surface area contributed by atoms with Gasteiger partial charge < -0.3 is 19.2 Å². The van der Waals surface area contributed by atoms with Crippen LogP contribution in [0.25, 0.3) is 11.5 Å². The largest absolute Gasteiger partial charge is 0.497 e. The highest BCUT2D eigenvalue weighted by atomic mass is 16.5. The minimum atomic E-state index is 0.0128. The second-order valence-corrected chi connectivity index (χ2v) is 7.11. The number of carbonyl (C=O) groups is 1. The van der Waals surface area contributed by atoms with Gasteiger partial charge in [-0.2, -0.15) is 0 Å². The lowest BCUT2D eigenvalue weighted by atomic mass is 9.97. The van der Waals surface area contributed by atoms with Crippen molar-refractivity contribution in [3.05, 3.63) is 35.7 Å². The number of carbonyl (C=O) groups excluding carboxylic acids is 1. The van der Waals surface area contributed by atoms with Gasteiger partial charge in [0.2, 0.25) is 11.8 Å². The fourth-order valence-corrected chi connectivity index (χ4v) is 3.48. The van der Waals surface area contributed by atoms with Crippen molar-refractivity contribution in [1.82, 2.24) is 15.2 Å². The molecule has 0 bridgehead atoms. The molecule has 1 aliphatic heterocycles. The van der Waals surface area contributed by atoms with Crippen LogP contribution in [0.2, 0.25) is 0 Å². The van der Waals surface area contributed by atoms with Gasteiger partial charge in [0, 0.05) is 32.3 Å². The first-order chi connectivity index (χ1) is 13.6. The van der Waals surface area contributed by atoms with Gasteiger partial charge in [-0.25, -0.2) is 4.98 Å². The van der Waals surface area contributed by atoms with Crippen molar-refractivity contribution in [1.29, 1.82) is 0 Å². The lowest BCUT2D eigenvalue weighted by Crippen LogP contribution is -2.43. The molecule has 0 aliphatic carbocycles. The second-order valence-electron chi connectivity index (χ2n) is 7.11. The van der Waals surface area contributed by atoms with Crippen LogP contribution in [0.3, 0.4) is 0 Å². The zero-order valence-electron chi connectivity index (χ0n) is 16.9. The fraction of sp³-hybridized carbons (Fsp3) is 0.524. The van der Waals surface area contributed by atoms with Crippen molar-refractivity contribution in [2.75, 3.05) is 40.5 Å². The molecular formula is C21H29N3O4. The standard InChI is InChI=1S/C21H29N3O4/c1-15-19(23-21(28-15)16-6-8-18(27-3)9-7-16)14-24-11-4-5-17(13-24)20(25)22-10-12-26-2/h6-9,17H,4-5,10-14H2,1-3H3,(H,22,25). The number of likely N-dealkylation sites (tertiary alicyclic amines) is 1. The normalized spacial score (nSPS) is 17.5. The molecule has 1 N–H and O–H groups in total. The summed E-state index contributed by atoms with van der Waals surface area (Å²) in [6.07, 6.45) is 1.93. The van der Waals surface area contributed by atoms with Crippen molar-refractivity contribution >= 4 is 5.91 Å². The summed E-state index contributed by atoms with van der Waals surface area (Å²) in [6, 6.07) is 7.67. The molecule has 0 saturated carbocycles. The summed E-state index contributed by atoms with van der Waals surface area (Å²) in [5, 5.41) is 2.95. The van der Waals surface area contributed by atoms with E-state index in [1.807, 2.05) is 31.2 Å². The number of amides is 1. The predicted molar refractivity (Wildman–Crippen MR) is 106 cm³/mol. The fourth-order valence-electron chi connectivity index (χ4n) is 3.48. The molecule has 2 heterocycles. The van der Waals surface area contributed by atoms with E-state index in [-0.39, 0.29) is 11.8 Å². The molecule has 3 rings (SSSR count). The van der Waals surface area contributed by atoms with E-state index in [0.29, 0.717) is 25.6 Å². The summed E-state index contributed by atoms with van der Waals surface area (Å²) in [7, 11) is 3.28. The van der Waals surface area contributed by atoms with Gasteiger partial charge in [-0.05, 0) is 50.6 Å². The van der Waals surface area contributed by atoms with Crippen molar-refractivity contribution in [2.24, 2.45) is 5.92 Å². The van der Waals surface area contributed by atoms with Gasteiger partial charge in [-0.1, -0.05) is 0 Å². The number of hydrogen-bond acceptors (Lipinski definition) is 6. The van der Waals surface area contributed by atoms with Gasteiger partial charge in [0.1, 0.15) is 11.5 Å². The molecule has 1 aliphatic rings. The highest BCUT2D eigenvalue weighted by Gasteiger charge is 2.26. The number of benzene rings is 1. The van der Waals surface area contributed by atoms with Crippen molar-refractivity contribution < 1.29 is 18.7 Å². The first-order valence-corrected chi connectivity index (χ1v) is 9.70. The summed E-state index contributed by atoms with van der Waals surface area (Å²) in [5.41, 5.74) is 1.84. The van der Waals surface area contributed by atoms with E-state index in [2.05, 4.69) is 10.2 Å². The minimum absolute atomic E-state index is 0.0128. The van der Waals surface area contributed by atoms with E-state index in [1.165, 1.54) is 0 Å². The van der Waals surface area contributed by atoms with Crippen LogP contribution in [0.15, 0.2) is 28.7 Å². The van der Waals surface area contributed by atoms with Crippen LogP contribution in [0, 0.1) is 12.8 Å². The highest BCUT2D eigenvalue weighted by Crippen LogP contribution is 2.26. The van der Waals surface area contributed by atoms with Gasteiger partial charge in [-0.3, -0.25) is 9.69 Å². The van der Waals surface area contributed by atoms with Crippen molar-refractivity contribution in [3.8, 4) is 17.2 Å². The number of rotatable bonds is 8. The number of methoxy groups -OCH3 is 2. The van der Waals surface area contributed by atoms with Crippen LogP contribution >= 0.6 is 0 Å². The third-order valence-corrected chi connectivity index (χ3v) is 5.08. The van der Waals surface area contributed by atoms with Crippen LogP contribution in [0.1, 0.15) is 24.3 Å². The average molecular weight is 387 g/mol. The van der Waals surface area contributed by atoms with E-state index in [0.717, 1.165) is 48.7 Å². The zero-order valence-corrected chi connectivity index (χ0v) is 16.9. The first kappa shape index (κ1) is 20.4. The zero-order chi connectivity index (χ0) is 19.9. The maximum Gasteiger partial charge on any atom is 0.226 e. The molecule has 0 spiro atoms. The number of nitrogens with zero attached hydrogens (tertiary/aromatic N) is 2. The molecule has 1 aromatic heterocycles. The van der Waals surface area contributed by atoms with Crippen molar-refractivity contribution in [3.63, 3.8) is 0 Å². The van der Waals surface area contributed by atoms with E-state index in [9.17, 15) is 4.79 Å². The molecular weight excluding hydrogens is 358 g/mol. The molecule has 1 aromatic carbocycles. The molecule has 2 aromatic rings. The maximum absolute atomic E-state index is 12.3. The first-order valence-electron chi connectivity index (χ1n) is 9.70. The molecule has 1 fully saturated rings. The van der Waals surface area contributed by atoms with Crippen LogP contribution in [-0.4, -0.2) is 56.3 Å². The Kier molecular flexibility index (Phi) is 7.06. The Bertz CT molecular complexity index is 772. The highest BCUT2D eigenvalue weighted by molar-refractivity contribution is 5.78. The van der Waals surface area contributed by atoms with Gasteiger partial charge in [0.05, 0.1) is 25.3 Å². The molecule has 152 valence electrons. The Balaban J connectivity index is 1.61. The number of oxazole rings is 1. The van der Waals surface area contributed by atoms with Gasteiger partial charge >= 0.3 is 0 Å². The SMILES string of the molecule is COCCNC(=O)C1CCCN(Cc2nc(-c3ccc(OC)cc3)oc2C)C1. The van der Waals surface area contributed by atoms with E-state index >= 15 is 0 Å². The molecule has 1 saturated heterocycles. The summed E-state index contributed by atoms with van der Waals surface area (Å²) in [5.74, 6) is 2.35. The lowest BCUT2D eigenvalue weighted by Gasteiger charge is -2.31. The van der Waals surface area contributed by atoms with Crippen LogP contribution in [-0.2, 0) is 16.1 Å². The number of nitrogens with one attached hydrogen (secondary N) is 1. The topological polar surface area (TPSA) is 76.8 Å². The average Bonchev–Trinajstić information content (AvgIpc) is 3.08. The van der Waals surface area contributed by atoms with Crippen LogP contribution in [0.4, 0.5) is 0 Å². The number of piperidine rings is 1. The third-order valence-electron chi connectivity index (χ3n) is 5.08. The Labute approximate surface area is 166 Å². The van der Waals surface area contributed by atoms with Crippen LogP contribution < -0.4 is 10.1 Å². The molecule has 7 heteroatoms. The predicted octanol–water partition coefficient (Wildman–Crippen LogP) is 2.63. The molecule has 28 heavy (non-hydrogen) atoms. The van der Waals surface area contributed by atoms with Gasteiger partial charge in [0.15, 0.2) is 0 Å². The smallest absolute Gasteiger partial charge is 0.226 e. The van der Waals surface area contributed by atoms with Gasteiger partial charge in [0.25, 0.3) is 0 Å². The molecule has 0 radical (unpaired) electrons. The summed E-state index contributed by atoms with van der Waals surface area (Å²) in [4.78, 5) is 19.3. The third kappa shape index (κ3) is 5.11. The Morgan fingerprint density at radius 2 is 2.11 bits per heavy atom. The van der Waals surface area contributed by atoms with Gasteiger partial charge in [-0.15, -0.1) is 0 Å². The van der Waals surface area contributed by atoms with E-state index in [1.54, 1.807) is 14.2 Å². The summed E-state index contributed by atoms with van der Waals surface area (Å²) < 4.78 is 16.1. The number of hydrogen-bond donors (Lipinski definition) is 1. The molecule has 1 unspecified atom stereocenters. The quantitative estimate of drug-likeness (QED) is 0.702. The number of aromatic nitrogens is 1. The van der Waals surface area contributed by atoms with Crippen molar-refractivity contribution in [2.45, 2.75) is 26.3 Å². The van der Waals surface area contributed by atoms with E-state index < -0.39 is 0 Å². The molecule has 1 atom stereocenters. The maximum atomic E-state index is 12.3. The Morgan fingerprint density at radius 3 is 2.82 bits per heavy atom.